The number of likely N-dealkylation sites (N-methyl/N-ethyl adjacent to an activating group) is 1. The van der Waals surface area contributed by atoms with E-state index in [1.807, 2.05) is 13.0 Å². The van der Waals surface area contributed by atoms with Gasteiger partial charge in [-0.15, -0.1) is 0 Å². The van der Waals surface area contributed by atoms with Crippen molar-refractivity contribution >= 4 is 24.2 Å². The van der Waals surface area contributed by atoms with Crippen LogP contribution in [0.1, 0.15) is 93.4 Å². The molecule has 16 heteroatoms. The Labute approximate surface area is 337 Å². The number of hydrogen-bond donors (Lipinski definition) is 3. The summed E-state index contributed by atoms with van der Waals surface area (Å²) in [6.45, 7) is 11.8. The third-order valence-electron chi connectivity index (χ3n) is 10.9. The lowest BCUT2D eigenvalue weighted by Gasteiger charge is -2.50. The zero-order valence-electron chi connectivity index (χ0n) is 35.2. The topological polar surface area (TPSA) is 206 Å². The first-order valence-electron chi connectivity index (χ1n) is 20.1. The van der Waals surface area contributed by atoms with Crippen molar-refractivity contribution in [1.82, 2.24) is 4.90 Å². The molecule has 16 nitrogen and oxygen atoms in total. The van der Waals surface area contributed by atoms with Gasteiger partial charge in [-0.2, -0.15) is 0 Å². The molecule has 3 aliphatic rings. The van der Waals surface area contributed by atoms with Gasteiger partial charge in [-0.3, -0.25) is 14.4 Å². The van der Waals surface area contributed by atoms with Crippen LogP contribution < -0.4 is 0 Å². The maximum atomic E-state index is 13.3. The summed E-state index contributed by atoms with van der Waals surface area (Å²) in [5.41, 5.74) is -1.49. The van der Waals surface area contributed by atoms with Crippen molar-refractivity contribution in [1.29, 1.82) is 0 Å². The normalized spacial score (nSPS) is 41.1. The number of aliphatic hydroxyl groups is 3. The fourth-order valence-corrected chi connectivity index (χ4v) is 7.82. The van der Waals surface area contributed by atoms with Gasteiger partial charge in [-0.1, -0.05) is 45.1 Å². The number of aldehydes is 1. The van der Waals surface area contributed by atoms with Gasteiger partial charge in [0.1, 0.15) is 42.4 Å². The Kier molecular flexibility index (Phi) is 19.2. The monoisotopic (exact) mass is 813 g/mol. The molecule has 0 aliphatic carbocycles. The highest BCUT2D eigenvalue weighted by Gasteiger charge is 2.53. The minimum absolute atomic E-state index is 0.000633. The quantitative estimate of drug-likeness (QED) is 0.147. The van der Waals surface area contributed by atoms with Gasteiger partial charge in [-0.25, -0.2) is 0 Å². The molecule has 3 rings (SSSR count). The van der Waals surface area contributed by atoms with Crippen LogP contribution in [0.25, 0.3) is 0 Å². The highest BCUT2D eigenvalue weighted by molar-refractivity contribution is 5.72. The van der Waals surface area contributed by atoms with Gasteiger partial charge in [0.2, 0.25) is 0 Å². The second-order valence-electron chi connectivity index (χ2n) is 16.0. The van der Waals surface area contributed by atoms with Crippen molar-refractivity contribution in [3.8, 4) is 0 Å². The predicted molar refractivity (Wildman–Crippen MR) is 205 cm³/mol. The van der Waals surface area contributed by atoms with Crippen LogP contribution >= 0.6 is 0 Å². The smallest absolute Gasteiger partial charge is 0.309 e. The molecule has 0 radical (unpaired) electrons. The molecule has 3 aliphatic heterocycles. The third kappa shape index (κ3) is 13.6. The SMILES string of the molecule is CCC(=O)O[C@@H]1CC(=O)O[C@H](C)C/C=C\C=C\[C@@H](O)[C@H](C)C[C@H](CC=O)[C@H](O[C@H]2O[C@H](C)[C@@H](O[C@H]3C[C@@](C)(O)[C@@H](OC(=O)CC)[C@H](C)O3)[C@H](N(C)C)[C@H]2O)[C@H]1OC. The zero-order valence-corrected chi connectivity index (χ0v) is 35.2. The number of allylic oxidation sites excluding steroid dienone is 2. The largest absolute Gasteiger partial charge is 0.462 e. The maximum Gasteiger partial charge on any atom is 0.309 e. The number of carbonyl (C=O) groups excluding carboxylic acids is 4. The Balaban J connectivity index is 2.01. The molecule has 0 aromatic heterocycles. The van der Waals surface area contributed by atoms with Gasteiger partial charge in [0.25, 0.3) is 0 Å². The van der Waals surface area contributed by atoms with Crippen molar-refractivity contribution in [3.63, 3.8) is 0 Å². The van der Waals surface area contributed by atoms with E-state index < -0.39 is 121 Å². The molecule has 2 saturated heterocycles. The molecule has 0 spiro atoms. The van der Waals surface area contributed by atoms with E-state index in [9.17, 15) is 34.5 Å². The molecule has 326 valence electrons. The first kappa shape index (κ1) is 48.6. The van der Waals surface area contributed by atoms with E-state index in [-0.39, 0.29) is 32.1 Å². The zero-order chi connectivity index (χ0) is 42.6. The summed E-state index contributed by atoms with van der Waals surface area (Å²) in [6, 6.07) is -0.779. The first-order valence-corrected chi connectivity index (χ1v) is 20.1. The standard InChI is InChI=1S/C41H67NO15/c1-11-30(45)54-29-21-32(47)51-24(4)16-14-13-15-17-28(44)23(3)20-27(18-19-43)37(38(29)50-10)57-40-35(48)34(42(8)9)36(25(5)53-40)56-33-22-41(7,49)39(26(6)52-33)55-31(46)12-2/h13-15,17,19,23-29,33-40,44,48-49H,11-12,16,18,20-22H2,1-10H3/b14-13-,17-15+/t23-,24-,25-,26+,27+,28-,29-,33+,34-,35-,36-,37+,38+,39+,40-,41-/m1/s1. The van der Waals surface area contributed by atoms with Crippen molar-refractivity contribution < 1.29 is 72.4 Å². The molecular formula is C41H67NO15. The van der Waals surface area contributed by atoms with Gasteiger partial charge in [-0.05, 0) is 60.0 Å². The Morgan fingerprint density at radius 1 is 0.965 bits per heavy atom. The fourth-order valence-electron chi connectivity index (χ4n) is 7.82. The van der Waals surface area contributed by atoms with Crippen molar-refractivity contribution in [2.24, 2.45) is 11.8 Å². The molecule has 3 N–H and O–H groups in total. The van der Waals surface area contributed by atoms with E-state index in [2.05, 4.69) is 0 Å². The van der Waals surface area contributed by atoms with Crippen molar-refractivity contribution in [2.45, 2.75) is 179 Å². The molecule has 2 fully saturated rings. The minimum atomic E-state index is -1.49. The number of cyclic esters (lactones) is 1. The lowest BCUT2D eigenvalue weighted by Crippen LogP contribution is -2.66. The van der Waals surface area contributed by atoms with Gasteiger partial charge >= 0.3 is 17.9 Å². The fraction of sp³-hybridized carbons (Fsp3) is 0.805. The third-order valence-corrected chi connectivity index (χ3v) is 10.9. The Morgan fingerprint density at radius 2 is 1.63 bits per heavy atom. The molecule has 0 amide bonds. The van der Waals surface area contributed by atoms with Gasteiger partial charge in [0.05, 0.1) is 36.9 Å². The summed E-state index contributed by atoms with van der Waals surface area (Å²) in [6.07, 6.45) is -4.08. The molecule has 0 saturated carbocycles. The minimum Gasteiger partial charge on any atom is -0.462 e. The van der Waals surface area contributed by atoms with E-state index in [0.717, 1.165) is 0 Å². The first-order chi connectivity index (χ1) is 26.9. The summed E-state index contributed by atoms with van der Waals surface area (Å²) in [5.74, 6) is -2.82. The van der Waals surface area contributed by atoms with Crippen LogP contribution in [0.2, 0.25) is 0 Å². The molecule has 0 aromatic carbocycles. The Hall–Kier alpha value is -2.80. The second-order valence-corrected chi connectivity index (χ2v) is 16.0. The number of nitrogens with zero attached hydrogens (tertiary/aromatic N) is 1. The highest BCUT2D eigenvalue weighted by atomic mass is 16.7. The Bertz CT molecular complexity index is 1350. The lowest BCUT2D eigenvalue weighted by atomic mass is 9.82. The number of hydrogen-bond acceptors (Lipinski definition) is 16. The summed E-state index contributed by atoms with van der Waals surface area (Å²) in [5, 5.41) is 34.5. The molecule has 0 aromatic rings. The molecule has 16 atom stereocenters. The molecule has 57 heavy (non-hydrogen) atoms. The van der Waals surface area contributed by atoms with E-state index >= 15 is 0 Å². The van der Waals surface area contributed by atoms with Crippen LogP contribution in [0.3, 0.4) is 0 Å². The van der Waals surface area contributed by atoms with Crippen LogP contribution in [0, 0.1) is 11.8 Å². The van der Waals surface area contributed by atoms with E-state index in [4.69, 9.17) is 37.9 Å². The number of carbonyl (C=O) groups is 4. The van der Waals surface area contributed by atoms with E-state index in [1.54, 1.807) is 78.8 Å². The van der Waals surface area contributed by atoms with Crippen LogP contribution in [0.4, 0.5) is 0 Å². The second kappa shape index (κ2) is 22.5. The van der Waals surface area contributed by atoms with Crippen LogP contribution in [-0.2, 0) is 57.1 Å². The number of rotatable bonds is 12. The van der Waals surface area contributed by atoms with E-state index in [1.165, 1.54) is 7.11 Å². The van der Waals surface area contributed by atoms with Gasteiger partial charge in [0, 0.05) is 39.2 Å². The summed E-state index contributed by atoms with van der Waals surface area (Å²) in [4.78, 5) is 52.3. The summed E-state index contributed by atoms with van der Waals surface area (Å²) in [7, 11) is 4.86. The van der Waals surface area contributed by atoms with E-state index in [0.29, 0.717) is 12.7 Å². The average Bonchev–Trinajstić information content (AvgIpc) is 3.13. The highest BCUT2D eigenvalue weighted by Crippen LogP contribution is 2.37. The number of esters is 3. The van der Waals surface area contributed by atoms with Crippen LogP contribution in [0.5, 0.6) is 0 Å². The molecular weight excluding hydrogens is 746 g/mol. The summed E-state index contributed by atoms with van der Waals surface area (Å²) >= 11 is 0. The average molecular weight is 814 g/mol. The maximum absolute atomic E-state index is 13.3. The number of aliphatic hydroxyl groups excluding tert-OH is 2. The van der Waals surface area contributed by atoms with Crippen molar-refractivity contribution in [2.75, 3.05) is 21.2 Å². The molecule has 0 unspecified atom stereocenters. The lowest BCUT2D eigenvalue weighted by molar-refractivity contribution is -0.344. The molecule has 0 bridgehead atoms. The van der Waals surface area contributed by atoms with Crippen LogP contribution in [0.15, 0.2) is 24.3 Å². The van der Waals surface area contributed by atoms with Crippen molar-refractivity contribution in [3.05, 3.63) is 24.3 Å². The predicted octanol–water partition coefficient (Wildman–Crippen LogP) is 2.77. The summed E-state index contributed by atoms with van der Waals surface area (Å²) < 4.78 is 48.5. The molecule has 3 heterocycles. The number of methoxy groups -OCH3 is 1. The van der Waals surface area contributed by atoms with Gasteiger partial charge in [0.15, 0.2) is 18.7 Å². The van der Waals surface area contributed by atoms with Gasteiger partial charge < -0.3 is 62.9 Å². The van der Waals surface area contributed by atoms with Crippen LogP contribution in [-0.4, -0.2) is 151 Å². The number of ether oxygens (including phenoxy) is 8. The Morgan fingerprint density at radius 3 is 2.23 bits per heavy atom.